The van der Waals surface area contributed by atoms with Crippen molar-refractivity contribution in [1.82, 2.24) is 20.2 Å². The fourth-order valence-corrected chi connectivity index (χ4v) is 4.54. The summed E-state index contributed by atoms with van der Waals surface area (Å²) in [6, 6.07) is 3.56. The van der Waals surface area contributed by atoms with Gasteiger partial charge in [-0.1, -0.05) is 0 Å². The Morgan fingerprint density at radius 3 is 3.16 bits per heavy atom. The molecule has 2 aliphatic heterocycles. The fraction of sp³-hybridized carbons (Fsp3) is 0.500. The minimum Gasteiger partial charge on any atom is -0.376 e. The van der Waals surface area contributed by atoms with E-state index in [9.17, 15) is 4.79 Å². The molecule has 2 aromatic rings. The molecule has 0 aliphatic carbocycles. The summed E-state index contributed by atoms with van der Waals surface area (Å²) in [6.45, 7) is 6.39. The summed E-state index contributed by atoms with van der Waals surface area (Å²) in [6.07, 6.45) is 3.55. The van der Waals surface area contributed by atoms with Gasteiger partial charge in [-0.2, -0.15) is 0 Å². The number of aromatic nitrogens is 2. The molecule has 6 nitrogen and oxygen atoms in total. The van der Waals surface area contributed by atoms with Crippen molar-refractivity contribution in [3.63, 3.8) is 0 Å². The van der Waals surface area contributed by atoms with Crippen molar-refractivity contribution in [1.29, 1.82) is 0 Å². The van der Waals surface area contributed by atoms with Gasteiger partial charge in [0.25, 0.3) is 5.91 Å². The van der Waals surface area contributed by atoms with Crippen LogP contribution < -0.4 is 5.32 Å². The SMILES string of the molecule is Cc1ncsc1CN1C[C@H]2[C@@H](CNC(=O)c3cccnc3)CO[C@H]2C1. The highest BCUT2D eigenvalue weighted by molar-refractivity contribution is 7.09. The van der Waals surface area contributed by atoms with E-state index in [1.165, 1.54) is 4.88 Å². The highest BCUT2D eigenvalue weighted by Crippen LogP contribution is 2.34. The molecule has 2 aliphatic rings. The number of nitrogens with zero attached hydrogens (tertiary/aromatic N) is 3. The monoisotopic (exact) mass is 358 g/mol. The van der Waals surface area contributed by atoms with Crippen LogP contribution in [0.25, 0.3) is 0 Å². The first-order valence-electron chi connectivity index (χ1n) is 8.62. The quantitative estimate of drug-likeness (QED) is 0.882. The van der Waals surface area contributed by atoms with E-state index >= 15 is 0 Å². The predicted molar refractivity (Wildman–Crippen MR) is 95.4 cm³/mol. The minimum absolute atomic E-state index is 0.0633. The molecular formula is C18H22N4O2S. The lowest BCUT2D eigenvalue weighted by Gasteiger charge is -2.19. The Bertz CT molecular complexity index is 736. The van der Waals surface area contributed by atoms with Gasteiger partial charge >= 0.3 is 0 Å². The van der Waals surface area contributed by atoms with E-state index in [1.54, 1.807) is 35.9 Å². The van der Waals surface area contributed by atoms with Crippen LogP contribution in [0.2, 0.25) is 0 Å². The lowest BCUT2D eigenvalue weighted by atomic mass is 9.93. The second kappa shape index (κ2) is 7.19. The van der Waals surface area contributed by atoms with E-state index in [-0.39, 0.29) is 12.0 Å². The lowest BCUT2D eigenvalue weighted by molar-refractivity contribution is 0.0904. The number of carbonyl (C=O) groups excluding carboxylic acids is 1. The van der Waals surface area contributed by atoms with Crippen molar-refractivity contribution < 1.29 is 9.53 Å². The molecule has 4 rings (SSSR count). The van der Waals surface area contributed by atoms with E-state index < -0.39 is 0 Å². The highest BCUT2D eigenvalue weighted by atomic mass is 32.1. The van der Waals surface area contributed by atoms with Gasteiger partial charge in [0, 0.05) is 55.3 Å². The van der Waals surface area contributed by atoms with Gasteiger partial charge in [-0.15, -0.1) is 11.3 Å². The molecule has 2 fully saturated rings. The van der Waals surface area contributed by atoms with Gasteiger partial charge in [-0.3, -0.25) is 14.7 Å². The first-order chi connectivity index (χ1) is 12.2. The lowest BCUT2D eigenvalue weighted by Crippen LogP contribution is -2.34. The van der Waals surface area contributed by atoms with Crippen LogP contribution in [-0.4, -0.2) is 53.1 Å². The topological polar surface area (TPSA) is 67.4 Å². The van der Waals surface area contributed by atoms with Crippen LogP contribution in [0, 0.1) is 18.8 Å². The predicted octanol–water partition coefficient (Wildman–Crippen LogP) is 1.72. The van der Waals surface area contributed by atoms with E-state index in [0.29, 0.717) is 23.9 Å². The molecule has 0 spiro atoms. The average Bonchev–Trinajstić information content (AvgIpc) is 3.31. The molecule has 0 bridgehead atoms. The standard InChI is InChI=1S/C18H22N4O2S/c1-12-17(25-11-21-12)9-22-7-15-14(10-24-16(15)8-22)6-20-18(23)13-3-2-4-19-5-13/h2-5,11,14-16H,6-10H2,1H3,(H,20,23)/t14-,15-,16-/m0/s1. The van der Waals surface area contributed by atoms with Crippen LogP contribution in [0.1, 0.15) is 20.9 Å². The molecule has 0 radical (unpaired) electrons. The molecule has 4 heterocycles. The second-order valence-electron chi connectivity index (χ2n) is 6.80. The Kier molecular flexibility index (Phi) is 4.78. The zero-order valence-electron chi connectivity index (χ0n) is 14.2. The Morgan fingerprint density at radius 1 is 1.48 bits per heavy atom. The largest absolute Gasteiger partial charge is 0.376 e. The van der Waals surface area contributed by atoms with Crippen LogP contribution in [0.15, 0.2) is 30.0 Å². The summed E-state index contributed by atoms with van der Waals surface area (Å²) in [5, 5.41) is 3.04. The van der Waals surface area contributed by atoms with E-state index in [2.05, 4.69) is 27.1 Å². The van der Waals surface area contributed by atoms with Gasteiger partial charge in [-0.25, -0.2) is 4.98 Å². The molecular weight excluding hydrogens is 336 g/mol. The molecule has 0 saturated carbocycles. The average molecular weight is 358 g/mol. The number of pyridine rings is 1. The van der Waals surface area contributed by atoms with E-state index in [4.69, 9.17) is 4.74 Å². The van der Waals surface area contributed by atoms with Gasteiger partial charge < -0.3 is 10.1 Å². The van der Waals surface area contributed by atoms with Gasteiger partial charge in [0.05, 0.1) is 29.5 Å². The number of carbonyl (C=O) groups is 1. The molecule has 0 aromatic carbocycles. The second-order valence-corrected chi connectivity index (χ2v) is 7.74. The number of hydrogen-bond acceptors (Lipinski definition) is 6. The van der Waals surface area contributed by atoms with Crippen LogP contribution >= 0.6 is 11.3 Å². The molecule has 2 aromatic heterocycles. The number of nitrogens with one attached hydrogen (secondary N) is 1. The number of thiazole rings is 1. The van der Waals surface area contributed by atoms with Crippen molar-refractivity contribution in [2.24, 2.45) is 11.8 Å². The zero-order valence-corrected chi connectivity index (χ0v) is 15.0. The summed E-state index contributed by atoms with van der Waals surface area (Å²) in [5.74, 6) is 0.798. The maximum atomic E-state index is 12.2. The summed E-state index contributed by atoms with van der Waals surface area (Å²) in [7, 11) is 0. The number of amides is 1. The molecule has 25 heavy (non-hydrogen) atoms. The molecule has 3 atom stereocenters. The summed E-state index contributed by atoms with van der Waals surface area (Å²) < 4.78 is 5.99. The number of rotatable bonds is 5. The van der Waals surface area contributed by atoms with Gasteiger partial charge in [0.1, 0.15) is 0 Å². The Morgan fingerprint density at radius 2 is 2.40 bits per heavy atom. The van der Waals surface area contributed by atoms with Crippen molar-refractivity contribution in [2.45, 2.75) is 19.6 Å². The molecule has 0 unspecified atom stereocenters. The Balaban J connectivity index is 1.31. The molecule has 132 valence electrons. The number of hydrogen-bond donors (Lipinski definition) is 1. The summed E-state index contributed by atoms with van der Waals surface area (Å²) >= 11 is 1.72. The third kappa shape index (κ3) is 3.58. The maximum Gasteiger partial charge on any atom is 0.252 e. The summed E-state index contributed by atoms with van der Waals surface area (Å²) in [5.41, 5.74) is 3.64. The number of fused-ring (bicyclic) bond motifs is 1. The minimum atomic E-state index is -0.0633. The van der Waals surface area contributed by atoms with Crippen LogP contribution in [0.4, 0.5) is 0 Å². The van der Waals surface area contributed by atoms with Crippen LogP contribution in [0.5, 0.6) is 0 Å². The van der Waals surface area contributed by atoms with Gasteiger partial charge in [0.15, 0.2) is 0 Å². The first-order valence-corrected chi connectivity index (χ1v) is 9.50. The van der Waals surface area contributed by atoms with Crippen molar-refractivity contribution in [2.75, 3.05) is 26.2 Å². The third-order valence-electron chi connectivity index (χ3n) is 5.18. The van der Waals surface area contributed by atoms with Gasteiger partial charge in [0.2, 0.25) is 0 Å². The number of ether oxygens (including phenoxy) is 1. The molecule has 2 saturated heterocycles. The van der Waals surface area contributed by atoms with Crippen molar-refractivity contribution in [3.8, 4) is 0 Å². The Hall–Kier alpha value is -1.83. The summed E-state index contributed by atoms with van der Waals surface area (Å²) in [4.78, 5) is 24.3. The normalized spacial score (nSPS) is 25.9. The molecule has 7 heteroatoms. The fourth-order valence-electron chi connectivity index (χ4n) is 3.72. The third-order valence-corrected chi connectivity index (χ3v) is 6.10. The number of likely N-dealkylation sites (tertiary alicyclic amines) is 1. The van der Waals surface area contributed by atoms with Crippen molar-refractivity contribution >= 4 is 17.2 Å². The molecule has 1 amide bonds. The zero-order chi connectivity index (χ0) is 17.2. The molecule has 1 N–H and O–H groups in total. The first kappa shape index (κ1) is 16.6. The Labute approximate surface area is 151 Å². The highest BCUT2D eigenvalue weighted by Gasteiger charge is 2.43. The maximum absolute atomic E-state index is 12.2. The smallest absolute Gasteiger partial charge is 0.252 e. The van der Waals surface area contributed by atoms with Crippen molar-refractivity contribution in [3.05, 3.63) is 46.2 Å². The van der Waals surface area contributed by atoms with E-state index in [0.717, 1.165) is 31.9 Å². The van der Waals surface area contributed by atoms with Gasteiger partial charge in [-0.05, 0) is 19.1 Å². The van der Waals surface area contributed by atoms with E-state index in [1.807, 2.05) is 5.51 Å². The van der Waals surface area contributed by atoms with Crippen LogP contribution in [-0.2, 0) is 11.3 Å². The number of aryl methyl sites for hydroxylation is 1. The van der Waals surface area contributed by atoms with Crippen LogP contribution in [0.3, 0.4) is 0 Å².